The Morgan fingerprint density at radius 3 is 2.42 bits per heavy atom. The lowest BCUT2D eigenvalue weighted by Gasteiger charge is -2.32. The number of aliphatic carboxylic acids is 1. The number of carboxylic acids is 1. The van der Waals surface area contributed by atoms with Crippen molar-refractivity contribution in [2.24, 2.45) is 11.3 Å². The van der Waals surface area contributed by atoms with E-state index in [9.17, 15) is 14.3 Å². The maximum atomic E-state index is 14.7. The molecular weight excluding hydrogens is 455 g/mol. The first-order valence-corrected chi connectivity index (χ1v) is 12.5. The molecule has 0 spiro atoms. The lowest BCUT2D eigenvalue weighted by molar-refractivity contribution is -0.137. The summed E-state index contributed by atoms with van der Waals surface area (Å²) in [7, 11) is 1.68. The van der Waals surface area contributed by atoms with E-state index in [1.54, 1.807) is 19.2 Å². The van der Waals surface area contributed by atoms with E-state index in [0.29, 0.717) is 23.8 Å². The Balaban J connectivity index is 1.61. The van der Waals surface area contributed by atoms with Gasteiger partial charge in [-0.2, -0.15) is 0 Å². The number of carboxylic acid groups (broad SMARTS) is 1. The van der Waals surface area contributed by atoms with Gasteiger partial charge in [0.05, 0.1) is 12.5 Å². The highest BCUT2D eigenvalue weighted by Crippen LogP contribution is 2.45. The fourth-order valence-corrected chi connectivity index (χ4v) is 5.04. The van der Waals surface area contributed by atoms with Gasteiger partial charge in [0.15, 0.2) is 0 Å². The average Bonchev–Trinajstić information content (AvgIpc) is 3.67. The molecule has 0 heterocycles. The van der Waals surface area contributed by atoms with Crippen molar-refractivity contribution < 1.29 is 23.8 Å². The Morgan fingerprint density at radius 2 is 1.78 bits per heavy atom. The number of benzene rings is 3. The van der Waals surface area contributed by atoms with E-state index in [1.165, 1.54) is 6.07 Å². The van der Waals surface area contributed by atoms with Crippen LogP contribution in [0.3, 0.4) is 0 Å². The zero-order valence-electron chi connectivity index (χ0n) is 21.5. The van der Waals surface area contributed by atoms with E-state index in [4.69, 9.17) is 9.47 Å². The number of hydrogen-bond donors (Lipinski definition) is 1. The second-order valence-electron chi connectivity index (χ2n) is 10.8. The Labute approximate surface area is 213 Å². The van der Waals surface area contributed by atoms with Crippen LogP contribution in [0.25, 0.3) is 11.1 Å². The summed E-state index contributed by atoms with van der Waals surface area (Å²) in [6, 6.07) is 20.5. The normalized spacial score (nSPS) is 15.4. The minimum atomic E-state index is -0.771. The minimum Gasteiger partial charge on any atom is -0.489 e. The Bertz CT molecular complexity index is 1210. The SMILES string of the molecule is CO[C@H](c1cc(COc2cccc([C@H](CC(=O)O)C3CC3)c2)ccc1-c1ccccc1F)C(C)(C)C. The van der Waals surface area contributed by atoms with Gasteiger partial charge in [-0.3, -0.25) is 4.79 Å². The maximum Gasteiger partial charge on any atom is 0.303 e. The van der Waals surface area contributed by atoms with Crippen molar-refractivity contribution in [3.8, 4) is 16.9 Å². The molecule has 1 N–H and O–H groups in total. The van der Waals surface area contributed by atoms with Crippen LogP contribution in [0.15, 0.2) is 66.7 Å². The third-order valence-electron chi connectivity index (χ3n) is 6.86. The molecule has 0 bridgehead atoms. The molecule has 2 atom stereocenters. The third-order valence-corrected chi connectivity index (χ3v) is 6.86. The van der Waals surface area contributed by atoms with Crippen LogP contribution >= 0.6 is 0 Å². The number of rotatable bonds is 10. The first kappa shape index (κ1) is 25.9. The molecule has 0 saturated heterocycles. The van der Waals surface area contributed by atoms with Gasteiger partial charge >= 0.3 is 5.97 Å². The van der Waals surface area contributed by atoms with E-state index >= 15 is 0 Å². The molecule has 0 amide bonds. The summed E-state index contributed by atoms with van der Waals surface area (Å²) in [5.74, 6) is 0.129. The number of carbonyl (C=O) groups is 1. The quantitative estimate of drug-likeness (QED) is 0.315. The Morgan fingerprint density at radius 1 is 1.03 bits per heavy atom. The highest BCUT2D eigenvalue weighted by Gasteiger charge is 2.34. The van der Waals surface area contributed by atoms with Crippen molar-refractivity contribution >= 4 is 5.97 Å². The standard InChI is InChI=1S/C31H35FO4/c1-31(2,3)30(35-4)27-16-20(12-15-24(27)25-10-5-6-11-28(25)32)19-36-23-9-7-8-22(17-23)26(18-29(33)34)21-13-14-21/h5-12,15-17,21,26,30H,13-14,18-19H2,1-4H3,(H,33,34)/t26-,30-/m1/s1. The van der Waals surface area contributed by atoms with Gasteiger partial charge in [-0.05, 0) is 76.6 Å². The molecule has 1 saturated carbocycles. The topological polar surface area (TPSA) is 55.8 Å². The van der Waals surface area contributed by atoms with E-state index < -0.39 is 5.97 Å². The zero-order chi connectivity index (χ0) is 25.9. The number of methoxy groups -OCH3 is 1. The van der Waals surface area contributed by atoms with Crippen molar-refractivity contribution in [1.29, 1.82) is 0 Å². The Hall–Kier alpha value is -3.18. The van der Waals surface area contributed by atoms with Crippen molar-refractivity contribution in [1.82, 2.24) is 0 Å². The first-order chi connectivity index (χ1) is 17.2. The van der Waals surface area contributed by atoms with Crippen LogP contribution in [-0.4, -0.2) is 18.2 Å². The first-order valence-electron chi connectivity index (χ1n) is 12.5. The predicted molar refractivity (Wildman–Crippen MR) is 140 cm³/mol. The van der Waals surface area contributed by atoms with Crippen molar-refractivity contribution in [2.45, 2.75) is 58.7 Å². The van der Waals surface area contributed by atoms with Crippen LogP contribution in [-0.2, 0) is 16.1 Å². The number of ether oxygens (including phenoxy) is 2. The van der Waals surface area contributed by atoms with E-state index in [-0.39, 0.29) is 29.7 Å². The molecule has 1 fully saturated rings. The number of halogens is 1. The molecule has 190 valence electrons. The molecule has 36 heavy (non-hydrogen) atoms. The van der Waals surface area contributed by atoms with Crippen LogP contribution < -0.4 is 4.74 Å². The largest absolute Gasteiger partial charge is 0.489 e. The fourth-order valence-electron chi connectivity index (χ4n) is 5.04. The molecule has 4 nitrogen and oxygen atoms in total. The van der Waals surface area contributed by atoms with Crippen LogP contribution in [0.1, 0.15) is 68.7 Å². The predicted octanol–water partition coefficient (Wildman–Crippen LogP) is 7.77. The summed E-state index contributed by atoms with van der Waals surface area (Å²) in [5, 5.41) is 9.35. The van der Waals surface area contributed by atoms with Gasteiger partial charge in [0.25, 0.3) is 0 Å². The average molecular weight is 491 g/mol. The summed E-state index contributed by atoms with van der Waals surface area (Å²) in [4.78, 5) is 11.4. The van der Waals surface area contributed by atoms with E-state index in [0.717, 1.165) is 35.1 Å². The summed E-state index contributed by atoms with van der Waals surface area (Å²) in [6.45, 7) is 6.65. The van der Waals surface area contributed by atoms with Gasteiger partial charge < -0.3 is 14.6 Å². The van der Waals surface area contributed by atoms with Gasteiger partial charge in [-0.1, -0.05) is 63.2 Å². The van der Waals surface area contributed by atoms with Crippen molar-refractivity contribution in [2.75, 3.05) is 7.11 Å². The molecule has 0 aromatic heterocycles. The second kappa shape index (κ2) is 10.8. The zero-order valence-corrected chi connectivity index (χ0v) is 21.5. The highest BCUT2D eigenvalue weighted by molar-refractivity contribution is 5.69. The summed E-state index contributed by atoms with van der Waals surface area (Å²) in [6.07, 6.45) is 2.05. The van der Waals surface area contributed by atoms with E-state index in [2.05, 4.69) is 20.8 Å². The van der Waals surface area contributed by atoms with Gasteiger partial charge in [0.1, 0.15) is 18.2 Å². The lowest BCUT2D eigenvalue weighted by Crippen LogP contribution is -2.21. The van der Waals surface area contributed by atoms with Gasteiger partial charge in [0.2, 0.25) is 0 Å². The van der Waals surface area contributed by atoms with Crippen LogP contribution in [0.4, 0.5) is 4.39 Å². The summed E-state index contributed by atoms with van der Waals surface area (Å²) < 4.78 is 26.8. The minimum absolute atomic E-state index is 0.0203. The number of hydrogen-bond acceptors (Lipinski definition) is 3. The van der Waals surface area contributed by atoms with Crippen molar-refractivity contribution in [3.63, 3.8) is 0 Å². The molecule has 4 rings (SSSR count). The third kappa shape index (κ3) is 6.14. The van der Waals surface area contributed by atoms with Crippen LogP contribution in [0.2, 0.25) is 0 Å². The molecule has 3 aromatic carbocycles. The lowest BCUT2D eigenvalue weighted by atomic mass is 9.81. The smallest absolute Gasteiger partial charge is 0.303 e. The molecule has 1 aliphatic carbocycles. The molecular formula is C31H35FO4. The molecule has 0 radical (unpaired) electrons. The monoisotopic (exact) mass is 490 g/mol. The molecule has 0 aliphatic heterocycles. The summed E-state index contributed by atoms with van der Waals surface area (Å²) in [5.41, 5.74) is 4.03. The van der Waals surface area contributed by atoms with Crippen molar-refractivity contribution in [3.05, 3.63) is 89.2 Å². The highest BCUT2D eigenvalue weighted by atomic mass is 19.1. The van der Waals surface area contributed by atoms with Gasteiger partial charge in [-0.15, -0.1) is 0 Å². The molecule has 1 aliphatic rings. The van der Waals surface area contributed by atoms with Crippen LogP contribution in [0.5, 0.6) is 5.75 Å². The second-order valence-corrected chi connectivity index (χ2v) is 10.8. The van der Waals surface area contributed by atoms with E-state index in [1.807, 2.05) is 48.5 Å². The van der Waals surface area contributed by atoms with Crippen LogP contribution in [0, 0.1) is 17.2 Å². The maximum absolute atomic E-state index is 14.7. The van der Waals surface area contributed by atoms with Gasteiger partial charge in [-0.25, -0.2) is 4.39 Å². The van der Waals surface area contributed by atoms with Gasteiger partial charge in [0, 0.05) is 12.7 Å². The molecule has 5 heteroatoms. The fraction of sp³-hybridized carbons (Fsp3) is 0.387. The molecule has 0 unspecified atom stereocenters. The molecule has 3 aromatic rings. The summed E-state index contributed by atoms with van der Waals surface area (Å²) >= 11 is 0. The Kier molecular flexibility index (Phi) is 7.79.